The number of carbonyl (C=O) groups excluding carboxylic acids is 1. The number of ether oxygens (including phenoxy) is 2. The van der Waals surface area contributed by atoms with Gasteiger partial charge in [0.25, 0.3) is 0 Å². The maximum Gasteiger partial charge on any atom is 0.248 e. The molecule has 3 aromatic carbocycles. The lowest BCUT2D eigenvalue weighted by Crippen LogP contribution is -2.09. The van der Waals surface area contributed by atoms with Gasteiger partial charge in [-0.25, -0.2) is 4.39 Å². The number of benzene rings is 3. The Hall–Kier alpha value is -3.60. The summed E-state index contributed by atoms with van der Waals surface area (Å²) >= 11 is 0. The Morgan fingerprint density at radius 2 is 1.71 bits per heavy atom. The molecule has 0 aliphatic heterocycles. The lowest BCUT2D eigenvalue weighted by molar-refractivity contribution is -0.111. The fraction of sp³-hybridized carbons (Fsp3) is 0.0870. The van der Waals surface area contributed by atoms with Gasteiger partial charge in [0.2, 0.25) is 5.91 Å². The first kappa shape index (κ1) is 19.2. The number of halogens is 1. The van der Waals surface area contributed by atoms with Crippen molar-refractivity contribution < 1.29 is 18.7 Å². The SMILES string of the molecule is COc1ccc(/C=C/C(=O)Nc2ccccc2OCc2ccccc2F)cc1. The first-order valence-electron chi connectivity index (χ1n) is 8.74. The predicted molar refractivity (Wildman–Crippen MR) is 108 cm³/mol. The van der Waals surface area contributed by atoms with Gasteiger partial charge in [0.15, 0.2) is 0 Å². The second-order valence-electron chi connectivity index (χ2n) is 5.97. The van der Waals surface area contributed by atoms with Gasteiger partial charge in [-0.15, -0.1) is 0 Å². The Balaban J connectivity index is 1.64. The predicted octanol–water partition coefficient (Wildman–Crippen LogP) is 5.07. The van der Waals surface area contributed by atoms with Crippen LogP contribution in [0.5, 0.6) is 11.5 Å². The van der Waals surface area contributed by atoms with Gasteiger partial charge < -0.3 is 14.8 Å². The molecule has 0 aliphatic rings. The van der Waals surface area contributed by atoms with Gasteiger partial charge in [-0.3, -0.25) is 4.79 Å². The van der Waals surface area contributed by atoms with E-state index in [9.17, 15) is 9.18 Å². The number of amides is 1. The van der Waals surface area contributed by atoms with E-state index >= 15 is 0 Å². The number of hydrogen-bond acceptors (Lipinski definition) is 3. The number of para-hydroxylation sites is 2. The van der Waals surface area contributed by atoms with E-state index in [-0.39, 0.29) is 18.3 Å². The molecule has 0 radical (unpaired) electrons. The molecule has 4 nitrogen and oxygen atoms in total. The Bertz CT molecular complexity index is 968. The summed E-state index contributed by atoms with van der Waals surface area (Å²) < 4.78 is 24.6. The lowest BCUT2D eigenvalue weighted by atomic mass is 10.2. The van der Waals surface area contributed by atoms with Crippen molar-refractivity contribution in [2.75, 3.05) is 12.4 Å². The third-order valence-electron chi connectivity index (χ3n) is 4.03. The van der Waals surface area contributed by atoms with E-state index in [2.05, 4.69) is 5.32 Å². The van der Waals surface area contributed by atoms with Crippen LogP contribution in [0.2, 0.25) is 0 Å². The van der Waals surface area contributed by atoms with Crippen molar-refractivity contribution in [1.29, 1.82) is 0 Å². The van der Waals surface area contributed by atoms with E-state index in [0.29, 0.717) is 17.0 Å². The molecule has 0 atom stereocenters. The molecule has 0 heterocycles. The molecule has 5 heteroatoms. The second kappa shape index (κ2) is 9.37. The summed E-state index contributed by atoms with van der Waals surface area (Å²) in [5, 5.41) is 2.79. The molecule has 3 rings (SSSR count). The van der Waals surface area contributed by atoms with Crippen LogP contribution >= 0.6 is 0 Å². The number of anilines is 1. The second-order valence-corrected chi connectivity index (χ2v) is 5.97. The van der Waals surface area contributed by atoms with Gasteiger partial charge in [-0.2, -0.15) is 0 Å². The molecule has 0 bridgehead atoms. The zero-order valence-electron chi connectivity index (χ0n) is 15.4. The number of carbonyl (C=O) groups is 1. The molecule has 0 aromatic heterocycles. The van der Waals surface area contributed by atoms with Gasteiger partial charge in [0.1, 0.15) is 23.9 Å². The summed E-state index contributed by atoms with van der Waals surface area (Å²) in [6.07, 6.45) is 3.15. The van der Waals surface area contributed by atoms with Crippen molar-refractivity contribution in [3.05, 3.63) is 95.8 Å². The summed E-state index contributed by atoms with van der Waals surface area (Å²) in [6.45, 7) is 0.0707. The minimum Gasteiger partial charge on any atom is -0.497 e. The van der Waals surface area contributed by atoms with E-state index in [1.807, 2.05) is 24.3 Å². The molecule has 0 spiro atoms. The molecular weight excluding hydrogens is 357 g/mol. The molecule has 142 valence electrons. The average Bonchev–Trinajstić information content (AvgIpc) is 2.73. The van der Waals surface area contributed by atoms with Crippen LogP contribution in [0.15, 0.2) is 78.9 Å². The van der Waals surface area contributed by atoms with Gasteiger partial charge in [-0.05, 0) is 42.0 Å². The van der Waals surface area contributed by atoms with Gasteiger partial charge >= 0.3 is 0 Å². The summed E-state index contributed by atoms with van der Waals surface area (Å²) in [5.74, 6) is 0.601. The largest absolute Gasteiger partial charge is 0.497 e. The zero-order valence-corrected chi connectivity index (χ0v) is 15.4. The van der Waals surface area contributed by atoms with Crippen LogP contribution in [0.25, 0.3) is 6.08 Å². The molecule has 0 unspecified atom stereocenters. The van der Waals surface area contributed by atoms with Crippen LogP contribution < -0.4 is 14.8 Å². The molecule has 3 aromatic rings. The third-order valence-corrected chi connectivity index (χ3v) is 4.03. The molecule has 0 saturated heterocycles. The number of methoxy groups -OCH3 is 1. The van der Waals surface area contributed by atoms with Crippen molar-refractivity contribution in [3.63, 3.8) is 0 Å². The summed E-state index contributed by atoms with van der Waals surface area (Å²) in [4.78, 5) is 12.3. The van der Waals surface area contributed by atoms with Crippen molar-refractivity contribution in [2.45, 2.75) is 6.61 Å². The van der Waals surface area contributed by atoms with E-state index in [4.69, 9.17) is 9.47 Å². The molecular formula is C23H20FNO3. The maximum absolute atomic E-state index is 13.7. The molecule has 28 heavy (non-hydrogen) atoms. The zero-order chi connectivity index (χ0) is 19.8. The first-order valence-corrected chi connectivity index (χ1v) is 8.74. The fourth-order valence-corrected chi connectivity index (χ4v) is 2.53. The van der Waals surface area contributed by atoms with Crippen LogP contribution in [0.1, 0.15) is 11.1 Å². The third kappa shape index (κ3) is 5.20. The van der Waals surface area contributed by atoms with Gasteiger partial charge in [-0.1, -0.05) is 42.5 Å². The monoisotopic (exact) mass is 377 g/mol. The quantitative estimate of drug-likeness (QED) is 0.585. The highest BCUT2D eigenvalue weighted by molar-refractivity contribution is 6.02. The number of rotatable bonds is 7. The fourth-order valence-electron chi connectivity index (χ4n) is 2.53. The minimum absolute atomic E-state index is 0.0707. The van der Waals surface area contributed by atoms with Crippen LogP contribution in [-0.2, 0) is 11.4 Å². The Morgan fingerprint density at radius 1 is 1.00 bits per heavy atom. The van der Waals surface area contributed by atoms with Crippen LogP contribution in [0.4, 0.5) is 10.1 Å². The van der Waals surface area contributed by atoms with Crippen molar-refractivity contribution in [1.82, 2.24) is 0 Å². The highest BCUT2D eigenvalue weighted by Gasteiger charge is 2.07. The van der Waals surface area contributed by atoms with Crippen molar-refractivity contribution in [2.24, 2.45) is 0 Å². The van der Waals surface area contributed by atoms with Crippen LogP contribution in [-0.4, -0.2) is 13.0 Å². The number of nitrogens with one attached hydrogen (secondary N) is 1. The lowest BCUT2D eigenvalue weighted by Gasteiger charge is -2.12. The summed E-state index contributed by atoms with van der Waals surface area (Å²) in [5.41, 5.74) is 1.84. The summed E-state index contributed by atoms with van der Waals surface area (Å²) in [6, 6.07) is 20.8. The Labute approximate surface area is 163 Å². The van der Waals surface area contributed by atoms with Crippen LogP contribution in [0, 0.1) is 5.82 Å². The van der Waals surface area contributed by atoms with Gasteiger partial charge in [0.05, 0.1) is 12.8 Å². The molecule has 1 N–H and O–H groups in total. The molecule has 0 fully saturated rings. The summed E-state index contributed by atoms with van der Waals surface area (Å²) in [7, 11) is 1.60. The highest BCUT2D eigenvalue weighted by Crippen LogP contribution is 2.25. The molecule has 1 amide bonds. The van der Waals surface area contributed by atoms with E-state index in [1.165, 1.54) is 12.1 Å². The molecule has 0 aliphatic carbocycles. The topological polar surface area (TPSA) is 47.6 Å². The smallest absolute Gasteiger partial charge is 0.248 e. The maximum atomic E-state index is 13.7. The van der Waals surface area contributed by atoms with E-state index in [0.717, 1.165) is 11.3 Å². The Kier molecular flexibility index (Phi) is 6.41. The highest BCUT2D eigenvalue weighted by atomic mass is 19.1. The normalized spacial score (nSPS) is 10.6. The van der Waals surface area contributed by atoms with E-state index < -0.39 is 0 Å². The first-order chi connectivity index (χ1) is 13.7. The van der Waals surface area contributed by atoms with Crippen molar-refractivity contribution >= 4 is 17.7 Å². The average molecular weight is 377 g/mol. The van der Waals surface area contributed by atoms with E-state index in [1.54, 1.807) is 55.7 Å². The van der Waals surface area contributed by atoms with Crippen LogP contribution in [0.3, 0.4) is 0 Å². The standard InChI is InChI=1S/C23H20FNO3/c1-27-19-13-10-17(11-14-19)12-15-23(26)25-21-8-4-5-9-22(21)28-16-18-6-2-3-7-20(18)24/h2-15H,16H2,1H3,(H,25,26)/b15-12+. The van der Waals surface area contributed by atoms with Gasteiger partial charge in [0, 0.05) is 11.6 Å². The number of hydrogen-bond donors (Lipinski definition) is 1. The minimum atomic E-state index is -0.327. The Morgan fingerprint density at radius 3 is 2.46 bits per heavy atom. The van der Waals surface area contributed by atoms with Crippen molar-refractivity contribution in [3.8, 4) is 11.5 Å². The molecule has 0 saturated carbocycles.